The highest BCUT2D eigenvalue weighted by atomic mass is 16.5. The van der Waals surface area contributed by atoms with Crippen LogP contribution in [0, 0.1) is 0 Å². The summed E-state index contributed by atoms with van der Waals surface area (Å²) in [7, 11) is 3.72. The topological polar surface area (TPSA) is 33.7 Å². The number of nitrogens with one attached hydrogen (secondary N) is 1. The fraction of sp³-hybridized carbons (Fsp3) is 0.647. The van der Waals surface area contributed by atoms with Gasteiger partial charge in [-0.25, -0.2) is 0 Å². The Kier molecular flexibility index (Phi) is 5.88. The minimum Gasteiger partial charge on any atom is -0.496 e. The van der Waals surface area contributed by atoms with E-state index in [2.05, 4.69) is 36.2 Å². The average Bonchev–Trinajstić information content (AvgIpc) is 3.04. The smallest absolute Gasteiger partial charge is 0.125 e. The van der Waals surface area contributed by atoms with E-state index in [1.165, 1.54) is 17.7 Å². The van der Waals surface area contributed by atoms with Gasteiger partial charge in [-0.1, -0.05) is 6.07 Å². The van der Waals surface area contributed by atoms with Gasteiger partial charge in [0, 0.05) is 37.0 Å². The lowest BCUT2D eigenvalue weighted by atomic mass is 10.0. The molecule has 21 heavy (non-hydrogen) atoms. The van der Waals surface area contributed by atoms with Gasteiger partial charge in [-0.15, -0.1) is 0 Å². The quantitative estimate of drug-likeness (QED) is 0.837. The molecular formula is C17H28N2O2. The van der Waals surface area contributed by atoms with Gasteiger partial charge in [-0.3, -0.25) is 0 Å². The van der Waals surface area contributed by atoms with E-state index in [0.717, 1.165) is 31.9 Å². The molecule has 2 atom stereocenters. The molecule has 0 amide bonds. The molecule has 0 aromatic heterocycles. The van der Waals surface area contributed by atoms with Crippen molar-refractivity contribution in [2.75, 3.05) is 38.8 Å². The SMILES string of the molecule is CCN(CC1CCCO1)c1cccc(OC)c1C(C)NC. The van der Waals surface area contributed by atoms with Gasteiger partial charge in [0.1, 0.15) is 5.75 Å². The number of benzene rings is 1. The lowest BCUT2D eigenvalue weighted by Gasteiger charge is -2.30. The average molecular weight is 292 g/mol. The third kappa shape index (κ3) is 3.69. The molecule has 1 saturated heterocycles. The van der Waals surface area contributed by atoms with E-state index in [-0.39, 0.29) is 6.04 Å². The highest BCUT2D eigenvalue weighted by Gasteiger charge is 2.23. The molecule has 0 spiro atoms. The Hall–Kier alpha value is -1.26. The largest absolute Gasteiger partial charge is 0.496 e. The van der Waals surface area contributed by atoms with Crippen molar-refractivity contribution in [1.82, 2.24) is 5.32 Å². The predicted molar refractivity (Wildman–Crippen MR) is 87.3 cm³/mol. The van der Waals surface area contributed by atoms with Crippen LogP contribution in [-0.4, -0.2) is 40.0 Å². The van der Waals surface area contributed by atoms with Crippen molar-refractivity contribution in [1.29, 1.82) is 0 Å². The Morgan fingerprint density at radius 1 is 1.48 bits per heavy atom. The van der Waals surface area contributed by atoms with Gasteiger partial charge in [-0.2, -0.15) is 0 Å². The Labute approximate surface area is 128 Å². The summed E-state index contributed by atoms with van der Waals surface area (Å²) in [5.41, 5.74) is 2.47. The van der Waals surface area contributed by atoms with Crippen LogP contribution in [0.1, 0.15) is 38.3 Å². The summed E-state index contributed by atoms with van der Waals surface area (Å²) in [6, 6.07) is 6.53. The third-order valence-corrected chi connectivity index (χ3v) is 4.30. The zero-order valence-corrected chi connectivity index (χ0v) is 13.7. The fourth-order valence-corrected chi connectivity index (χ4v) is 3.00. The van der Waals surface area contributed by atoms with Crippen LogP contribution < -0.4 is 15.0 Å². The summed E-state index contributed by atoms with van der Waals surface area (Å²) in [5, 5.41) is 3.33. The Balaban J connectivity index is 2.30. The molecule has 118 valence electrons. The van der Waals surface area contributed by atoms with E-state index in [4.69, 9.17) is 9.47 Å². The summed E-state index contributed by atoms with van der Waals surface area (Å²) < 4.78 is 11.4. The minimum absolute atomic E-state index is 0.245. The normalized spacial score (nSPS) is 19.5. The zero-order chi connectivity index (χ0) is 15.2. The zero-order valence-electron chi connectivity index (χ0n) is 13.7. The predicted octanol–water partition coefficient (Wildman–Crippen LogP) is 2.98. The number of hydrogen-bond donors (Lipinski definition) is 1. The summed E-state index contributed by atoms with van der Waals surface area (Å²) in [6.07, 6.45) is 2.70. The Morgan fingerprint density at radius 2 is 2.29 bits per heavy atom. The maximum absolute atomic E-state index is 5.80. The van der Waals surface area contributed by atoms with Crippen LogP contribution in [0.2, 0.25) is 0 Å². The fourth-order valence-electron chi connectivity index (χ4n) is 3.00. The number of likely N-dealkylation sites (N-methyl/N-ethyl adjacent to an activating group) is 1. The third-order valence-electron chi connectivity index (χ3n) is 4.30. The van der Waals surface area contributed by atoms with Crippen LogP contribution in [0.5, 0.6) is 5.75 Å². The number of ether oxygens (including phenoxy) is 2. The first kappa shape index (κ1) is 16.1. The van der Waals surface area contributed by atoms with Crippen molar-refractivity contribution in [2.24, 2.45) is 0 Å². The molecule has 0 radical (unpaired) electrons. The van der Waals surface area contributed by atoms with Crippen molar-refractivity contribution in [3.8, 4) is 5.75 Å². The molecule has 4 nitrogen and oxygen atoms in total. The maximum Gasteiger partial charge on any atom is 0.125 e. The highest BCUT2D eigenvalue weighted by Crippen LogP contribution is 2.35. The molecule has 1 fully saturated rings. The molecule has 1 aliphatic heterocycles. The standard InChI is InChI=1S/C17H28N2O2/c1-5-19(12-14-8-7-11-21-14)15-9-6-10-16(20-4)17(15)13(2)18-3/h6,9-10,13-14,18H,5,7-8,11-12H2,1-4H3. The van der Waals surface area contributed by atoms with Crippen molar-refractivity contribution >= 4 is 5.69 Å². The van der Waals surface area contributed by atoms with Crippen LogP contribution >= 0.6 is 0 Å². The number of hydrogen-bond acceptors (Lipinski definition) is 4. The lowest BCUT2D eigenvalue weighted by Crippen LogP contribution is -2.33. The molecule has 1 heterocycles. The van der Waals surface area contributed by atoms with Gasteiger partial charge in [0.15, 0.2) is 0 Å². The monoisotopic (exact) mass is 292 g/mol. The molecule has 2 rings (SSSR count). The first-order valence-electron chi connectivity index (χ1n) is 7.92. The van der Waals surface area contributed by atoms with Crippen LogP contribution in [0.25, 0.3) is 0 Å². The molecule has 1 aromatic carbocycles. The minimum atomic E-state index is 0.245. The highest BCUT2D eigenvalue weighted by molar-refractivity contribution is 5.61. The number of nitrogens with zero attached hydrogens (tertiary/aromatic N) is 1. The number of methoxy groups -OCH3 is 1. The van der Waals surface area contributed by atoms with Crippen LogP contribution in [0.15, 0.2) is 18.2 Å². The molecule has 0 saturated carbocycles. The van der Waals surface area contributed by atoms with Gasteiger partial charge in [0.2, 0.25) is 0 Å². The van der Waals surface area contributed by atoms with E-state index in [1.807, 2.05) is 13.1 Å². The molecule has 1 N–H and O–H groups in total. The first-order valence-corrected chi connectivity index (χ1v) is 7.92. The summed E-state index contributed by atoms with van der Waals surface area (Å²) >= 11 is 0. The summed E-state index contributed by atoms with van der Waals surface area (Å²) in [6.45, 7) is 7.19. The summed E-state index contributed by atoms with van der Waals surface area (Å²) in [5.74, 6) is 0.945. The van der Waals surface area contributed by atoms with Crippen LogP contribution in [0.3, 0.4) is 0 Å². The van der Waals surface area contributed by atoms with E-state index in [0.29, 0.717) is 6.10 Å². The Morgan fingerprint density at radius 3 is 2.86 bits per heavy atom. The molecule has 0 bridgehead atoms. The van der Waals surface area contributed by atoms with Gasteiger partial charge >= 0.3 is 0 Å². The Bertz CT molecular complexity index is 444. The van der Waals surface area contributed by atoms with Crippen molar-refractivity contribution in [3.05, 3.63) is 23.8 Å². The van der Waals surface area contributed by atoms with Crippen LogP contribution in [0.4, 0.5) is 5.69 Å². The van der Waals surface area contributed by atoms with E-state index >= 15 is 0 Å². The van der Waals surface area contributed by atoms with Gasteiger partial charge in [0.25, 0.3) is 0 Å². The molecule has 1 aromatic rings. The maximum atomic E-state index is 5.80. The van der Waals surface area contributed by atoms with E-state index < -0.39 is 0 Å². The van der Waals surface area contributed by atoms with E-state index in [1.54, 1.807) is 7.11 Å². The lowest BCUT2D eigenvalue weighted by molar-refractivity contribution is 0.115. The number of rotatable bonds is 7. The second-order valence-corrected chi connectivity index (χ2v) is 5.58. The molecular weight excluding hydrogens is 264 g/mol. The van der Waals surface area contributed by atoms with Gasteiger partial charge < -0.3 is 19.7 Å². The van der Waals surface area contributed by atoms with Crippen molar-refractivity contribution < 1.29 is 9.47 Å². The molecule has 1 aliphatic rings. The second-order valence-electron chi connectivity index (χ2n) is 5.58. The molecule has 0 aliphatic carbocycles. The van der Waals surface area contributed by atoms with E-state index in [9.17, 15) is 0 Å². The molecule has 4 heteroatoms. The first-order chi connectivity index (χ1) is 10.2. The van der Waals surface area contributed by atoms with Crippen LogP contribution in [-0.2, 0) is 4.74 Å². The van der Waals surface area contributed by atoms with Gasteiger partial charge in [-0.05, 0) is 45.9 Å². The second kappa shape index (κ2) is 7.66. The number of anilines is 1. The van der Waals surface area contributed by atoms with Crippen molar-refractivity contribution in [2.45, 2.75) is 38.8 Å². The summed E-state index contributed by atoms with van der Waals surface area (Å²) in [4.78, 5) is 2.40. The van der Waals surface area contributed by atoms with Crippen molar-refractivity contribution in [3.63, 3.8) is 0 Å². The van der Waals surface area contributed by atoms with Gasteiger partial charge in [0.05, 0.1) is 13.2 Å². The molecule has 2 unspecified atom stereocenters.